The van der Waals surface area contributed by atoms with Crippen LogP contribution in [0.4, 0.5) is 0 Å². The zero-order chi connectivity index (χ0) is 12.9. The van der Waals surface area contributed by atoms with E-state index in [1.54, 1.807) is 0 Å². The maximum atomic E-state index is 11.9. The van der Waals surface area contributed by atoms with Crippen molar-refractivity contribution in [2.45, 2.75) is 25.8 Å². The van der Waals surface area contributed by atoms with Crippen molar-refractivity contribution in [2.75, 3.05) is 39.5 Å². The second-order valence-corrected chi connectivity index (χ2v) is 7.01. The van der Waals surface area contributed by atoms with Crippen LogP contribution in [0, 0.1) is 5.92 Å². The van der Waals surface area contributed by atoms with Crippen molar-refractivity contribution in [3.63, 3.8) is 0 Å². The quantitative estimate of drug-likeness (QED) is 0.700. The summed E-state index contributed by atoms with van der Waals surface area (Å²) >= 11 is 0. The minimum Gasteiger partial charge on any atom is -0.316 e. The summed E-state index contributed by atoms with van der Waals surface area (Å²) in [5.41, 5.74) is 0. The average molecular weight is 263 g/mol. The molecule has 1 saturated heterocycles. The Bertz CT molecular complexity index is 311. The van der Waals surface area contributed by atoms with Crippen LogP contribution in [-0.2, 0) is 10.0 Å². The Morgan fingerprint density at radius 1 is 1.47 bits per heavy atom. The summed E-state index contributed by atoms with van der Waals surface area (Å²) in [4.78, 5) is 2.00. The van der Waals surface area contributed by atoms with Crippen LogP contribution < -0.4 is 10.0 Å². The lowest BCUT2D eigenvalue weighted by molar-refractivity contribution is 0.313. The molecule has 0 amide bonds. The molecule has 1 aliphatic heterocycles. The third-order valence-electron chi connectivity index (χ3n) is 3.33. The molecule has 0 aromatic carbocycles. The summed E-state index contributed by atoms with van der Waals surface area (Å²) in [6.45, 7) is 4.33. The van der Waals surface area contributed by atoms with E-state index in [4.69, 9.17) is 0 Å². The molecule has 0 saturated carbocycles. The molecule has 6 heteroatoms. The second-order valence-electron chi connectivity index (χ2n) is 5.15. The number of nitrogens with zero attached hydrogens (tertiary/aromatic N) is 1. The SMILES string of the molecule is CC(CNS(=O)(=O)CC1CCCNC1)N(C)C. The summed E-state index contributed by atoms with van der Waals surface area (Å²) in [6.07, 6.45) is 2.09. The van der Waals surface area contributed by atoms with E-state index >= 15 is 0 Å². The van der Waals surface area contributed by atoms with Crippen LogP contribution in [0.5, 0.6) is 0 Å². The Kier molecular flexibility index (Phi) is 5.85. The topological polar surface area (TPSA) is 61.4 Å². The third kappa shape index (κ3) is 5.81. The molecule has 2 atom stereocenters. The molecule has 1 aliphatic rings. The van der Waals surface area contributed by atoms with Gasteiger partial charge in [0.05, 0.1) is 5.75 Å². The van der Waals surface area contributed by atoms with Crippen molar-refractivity contribution >= 4 is 10.0 Å². The molecule has 0 aliphatic carbocycles. The van der Waals surface area contributed by atoms with Crippen molar-refractivity contribution in [3.05, 3.63) is 0 Å². The zero-order valence-corrected chi connectivity index (χ0v) is 11.9. The molecule has 1 rings (SSSR count). The zero-order valence-electron chi connectivity index (χ0n) is 11.1. The molecule has 1 heterocycles. The lowest BCUT2D eigenvalue weighted by Gasteiger charge is -2.24. The summed E-state index contributed by atoms with van der Waals surface area (Å²) in [5, 5.41) is 3.24. The third-order valence-corrected chi connectivity index (χ3v) is 4.85. The van der Waals surface area contributed by atoms with Crippen molar-refractivity contribution in [1.29, 1.82) is 0 Å². The van der Waals surface area contributed by atoms with Crippen LogP contribution in [0.1, 0.15) is 19.8 Å². The van der Waals surface area contributed by atoms with E-state index in [1.165, 1.54) is 0 Å². The van der Waals surface area contributed by atoms with E-state index in [2.05, 4.69) is 10.0 Å². The molecule has 1 fully saturated rings. The van der Waals surface area contributed by atoms with Crippen LogP contribution in [0.2, 0.25) is 0 Å². The Labute approximate surface area is 105 Å². The van der Waals surface area contributed by atoms with E-state index in [0.29, 0.717) is 6.54 Å². The number of hydrogen-bond acceptors (Lipinski definition) is 4. The molecule has 0 aromatic rings. The van der Waals surface area contributed by atoms with Crippen LogP contribution in [0.15, 0.2) is 0 Å². The molecule has 5 nitrogen and oxygen atoms in total. The van der Waals surface area contributed by atoms with Crippen molar-refractivity contribution in [2.24, 2.45) is 5.92 Å². The summed E-state index contributed by atoms with van der Waals surface area (Å²) in [7, 11) is 0.770. The first kappa shape index (κ1) is 14.9. The van der Waals surface area contributed by atoms with Crippen molar-refractivity contribution < 1.29 is 8.42 Å². The molecule has 17 heavy (non-hydrogen) atoms. The lowest BCUT2D eigenvalue weighted by Crippen LogP contribution is -2.42. The maximum Gasteiger partial charge on any atom is 0.211 e. The first-order chi connectivity index (χ1) is 7.91. The van der Waals surface area contributed by atoms with Crippen molar-refractivity contribution in [1.82, 2.24) is 14.9 Å². The van der Waals surface area contributed by atoms with E-state index in [9.17, 15) is 8.42 Å². The number of rotatable bonds is 6. The molecule has 0 aromatic heterocycles. The Morgan fingerprint density at radius 3 is 2.71 bits per heavy atom. The molecule has 0 bridgehead atoms. The second kappa shape index (κ2) is 6.68. The van der Waals surface area contributed by atoms with Gasteiger partial charge in [0.2, 0.25) is 10.0 Å². The summed E-state index contributed by atoms with van der Waals surface area (Å²) in [6, 6.07) is 0.217. The molecule has 0 spiro atoms. The predicted octanol–water partition coefficient (Wildman–Crippen LogP) is -0.144. The number of sulfonamides is 1. The van der Waals surface area contributed by atoms with Gasteiger partial charge in [0, 0.05) is 12.6 Å². The fourth-order valence-corrected chi connectivity index (χ4v) is 3.38. The number of hydrogen-bond donors (Lipinski definition) is 2. The van der Waals surface area contributed by atoms with E-state index in [1.807, 2.05) is 25.9 Å². The van der Waals surface area contributed by atoms with Gasteiger partial charge in [0.25, 0.3) is 0 Å². The van der Waals surface area contributed by atoms with Crippen LogP contribution in [0.3, 0.4) is 0 Å². The first-order valence-corrected chi connectivity index (χ1v) is 7.90. The van der Waals surface area contributed by atoms with Gasteiger partial charge in [-0.2, -0.15) is 0 Å². The van der Waals surface area contributed by atoms with Gasteiger partial charge in [-0.1, -0.05) is 0 Å². The molecule has 102 valence electrons. The van der Waals surface area contributed by atoms with Gasteiger partial charge in [0.1, 0.15) is 0 Å². The largest absolute Gasteiger partial charge is 0.316 e. The minimum absolute atomic E-state index is 0.217. The highest BCUT2D eigenvalue weighted by molar-refractivity contribution is 7.89. The molecule has 2 unspecified atom stereocenters. The summed E-state index contributed by atoms with van der Waals surface area (Å²) in [5.74, 6) is 0.510. The highest BCUT2D eigenvalue weighted by Gasteiger charge is 2.21. The van der Waals surface area contributed by atoms with Gasteiger partial charge >= 0.3 is 0 Å². The smallest absolute Gasteiger partial charge is 0.211 e. The van der Waals surface area contributed by atoms with Crippen LogP contribution in [-0.4, -0.2) is 58.8 Å². The van der Waals surface area contributed by atoms with Crippen LogP contribution >= 0.6 is 0 Å². The molecule has 0 radical (unpaired) electrons. The minimum atomic E-state index is -3.13. The Morgan fingerprint density at radius 2 is 2.18 bits per heavy atom. The van der Waals surface area contributed by atoms with Crippen molar-refractivity contribution in [3.8, 4) is 0 Å². The average Bonchev–Trinajstić information content (AvgIpc) is 2.26. The summed E-state index contributed by atoms with van der Waals surface area (Å²) < 4.78 is 26.4. The predicted molar refractivity (Wildman–Crippen MR) is 70.5 cm³/mol. The molecule has 2 N–H and O–H groups in total. The maximum absolute atomic E-state index is 11.9. The van der Waals surface area contributed by atoms with E-state index in [0.717, 1.165) is 25.9 Å². The fourth-order valence-electron chi connectivity index (χ4n) is 1.87. The standard InChI is InChI=1S/C11H25N3O2S/c1-10(14(2)3)7-13-17(15,16)9-11-5-4-6-12-8-11/h10-13H,4-9H2,1-3H3. The molecular weight excluding hydrogens is 238 g/mol. The van der Waals surface area contributed by atoms with Gasteiger partial charge in [-0.15, -0.1) is 0 Å². The Balaban J connectivity index is 2.34. The van der Waals surface area contributed by atoms with E-state index < -0.39 is 10.0 Å². The van der Waals surface area contributed by atoms with Crippen LogP contribution in [0.25, 0.3) is 0 Å². The van der Waals surface area contributed by atoms with E-state index in [-0.39, 0.29) is 17.7 Å². The lowest BCUT2D eigenvalue weighted by atomic mass is 10.0. The van der Waals surface area contributed by atoms with Gasteiger partial charge < -0.3 is 10.2 Å². The van der Waals surface area contributed by atoms with Gasteiger partial charge in [-0.3, -0.25) is 0 Å². The normalized spacial score (nSPS) is 23.9. The van der Waals surface area contributed by atoms with Gasteiger partial charge in [0.15, 0.2) is 0 Å². The Hall–Kier alpha value is -0.170. The van der Waals surface area contributed by atoms with Gasteiger partial charge in [-0.25, -0.2) is 13.1 Å². The highest BCUT2D eigenvalue weighted by Crippen LogP contribution is 2.11. The number of likely N-dealkylation sites (N-methyl/N-ethyl adjacent to an activating group) is 1. The fraction of sp³-hybridized carbons (Fsp3) is 1.00. The highest BCUT2D eigenvalue weighted by atomic mass is 32.2. The first-order valence-electron chi connectivity index (χ1n) is 6.25. The number of nitrogens with one attached hydrogen (secondary N) is 2. The molecular formula is C11H25N3O2S. The van der Waals surface area contributed by atoms with Gasteiger partial charge in [-0.05, 0) is 52.9 Å². The number of piperidine rings is 1. The monoisotopic (exact) mass is 263 g/mol.